The fraction of sp³-hybridized carbons (Fsp3) is 1.00. The van der Waals surface area contributed by atoms with Crippen LogP contribution in [-0.2, 0) is 0 Å². The molecule has 0 aliphatic rings. The van der Waals surface area contributed by atoms with Crippen molar-refractivity contribution in [3.63, 3.8) is 0 Å². The van der Waals surface area contributed by atoms with E-state index in [-0.39, 0.29) is 5.41 Å². The lowest BCUT2D eigenvalue weighted by Crippen LogP contribution is -2.43. The maximum absolute atomic E-state index is 10.5. The second-order valence-electron chi connectivity index (χ2n) is 6.35. The van der Waals surface area contributed by atoms with Gasteiger partial charge in [0, 0.05) is 0 Å². The normalized spacial score (nSPS) is 17.6. The Morgan fingerprint density at radius 1 is 0.857 bits per heavy atom. The molecule has 1 atom stereocenters. The van der Waals surface area contributed by atoms with Gasteiger partial charge < -0.3 is 5.11 Å². The van der Waals surface area contributed by atoms with Crippen LogP contribution in [0.1, 0.15) is 61.3 Å². The van der Waals surface area contributed by atoms with Crippen LogP contribution in [0.15, 0.2) is 0 Å². The fourth-order valence-corrected chi connectivity index (χ4v) is 2.31. The topological polar surface area (TPSA) is 20.2 Å². The van der Waals surface area contributed by atoms with Crippen LogP contribution in [0.3, 0.4) is 0 Å². The highest BCUT2D eigenvalue weighted by Gasteiger charge is 2.39. The van der Waals surface area contributed by atoms with Crippen molar-refractivity contribution in [3.05, 3.63) is 0 Å². The first kappa shape index (κ1) is 14.0. The summed E-state index contributed by atoms with van der Waals surface area (Å²) in [6.45, 7) is 15.1. The first-order valence-electron chi connectivity index (χ1n) is 5.81. The molecule has 0 heterocycles. The highest BCUT2D eigenvalue weighted by atomic mass is 16.3. The number of rotatable bonds is 5. The van der Waals surface area contributed by atoms with Crippen molar-refractivity contribution in [3.8, 4) is 0 Å². The third-order valence-electron chi connectivity index (χ3n) is 3.18. The summed E-state index contributed by atoms with van der Waals surface area (Å²) in [4.78, 5) is 0. The molecule has 1 heteroatoms. The highest BCUT2D eigenvalue weighted by molar-refractivity contribution is 4.90. The molecule has 1 N–H and O–H groups in total. The molecule has 0 rings (SSSR count). The minimum atomic E-state index is -0.550. The van der Waals surface area contributed by atoms with Gasteiger partial charge in [0.25, 0.3) is 0 Å². The van der Waals surface area contributed by atoms with Gasteiger partial charge in [-0.3, -0.25) is 0 Å². The molecule has 0 aliphatic carbocycles. The molecule has 0 aromatic rings. The van der Waals surface area contributed by atoms with Crippen LogP contribution in [0.4, 0.5) is 0 Å². The Morgan fingerprint density at radius 3 is 1.50 bits per heavy atom. The molecule has 0 spiro atoms. The van der Waals surface area contributed by atoms with E-state index in [1.165, 1.54) is 0 Å². The molecule has 0 bridgehead atoms. The van der Waals surface area contributed by atoms with E-state index in [0.29, 0.717) is 11.8 Å². The van der Waals surface area contributed by atoms with Gasteiger partial charge in [-0.25, -0.2) is 0 Å². The first-order valence-corrected chi connectivity index (χ1v) is 5.81. The van der Waals surface area contributed by atoms with E-state index in [0.717, 1.165) is 12.8 Å². The lowest BCUT2D eigenvalue weighted by Gasteiger charge is -2.42. The van der Waals surface area contributed by atoms with Crippen molar-refractivity contribution in [1.29, 1.82) is 0 Å². The molecule has 0 aliphatic heterocycles. The maximum atomic E-state index is 10.5. The first-order chi connectivity index (χ1) is 6.08. The molecule has 86 valence electrons. The van der Waals surface area contributed by atoms with Crippen LogP contribution < -0.4 is 0 Å². The molecule has 1 nitrogen and oxygen atoms in total. The summed E-state index contributed by atoms with van der Waals surface area (Å²) in [5.41, 5.74) is -0.545. The Balaban J connectivity index is 4.51. The fourth-order valence-electron chi connectivity index (χ4n) is 2.31. The van der Waals surface area contributed by atoms with E-state index < -0.39 is 5.60 Å². The van der Waals surface area contributed by atoms with Crippen molar-refractivity contribution in [1.82, 2.24) is 0 Å². The van der Waals surface area contributed by atoms with Crippen LogP contribution >= 0.6 is 0 Å². The summed E-state index contributed by atoms with van der Waals surface area (Å²) in [7, 11) is 0. The quantitative estimate of drug-likeness (QED) is 0.714. The van der Waals surface area contributed by atoms with Crippen molar-refractivity contribution in [2.45, 2.75) is 66.9 Å². The molecule has 14 heavy (non-hydrogen) atoms. The zero-order valence-electron chi connectivity index (χ0n) is 11.0. The smallest absolute Gasteiger partial charge is 0.0672 e. The van der Waals surface area contributed by atoms with Gasteiger partial charge in [0.15, 0.2) is 0 Å². The van der Waals surface area contributed by atoms with Crippen LogP contribution in [0.2, 0.25) is 0 Å². The number of hydrogen-bond acceptors (Lipinski definition) is 1. The van der Waals surface area contributed by atoms with Crippen molar-refractivity contribution < 1.29 is 5.11 Å². The van der Waals surface area contributed by atoms with Gasteiger partial charge in [-0.2, -0.15) is 0 Å². The number of aliphatic hydroxyl groups is 1. The summed E-state index contributed by atoms with van der Waals surface area (Å²) < 4.78 is 0. The second kappa shape index (κ2) is 4.65. The van der Waals surface area contributed by atoms with E-state index in [1.54, 1.807) is 0 Å². The minimum absolute atomic E-state index is 0.00539. The van der Waals surface area contributed by atoms with Gasteiger partial charge in [-0.1, -0.05) is 41.5 Å². The zero-order valence-corrected chi connectivity index (χ0v) is 11.0. The zero-order chi connectivity index (χ0) is 11.6. The summed E-state index contributed by atoms with van der Waals surface area (Å²) in [6, 6.07) is 0. The standard InChI is InChI=1S/C13H28O/c1-10(2)8-12(5,6)13(7,14)9-11(3)4/h10-11,14H,8-9H2,1-7H3. The van der Waals surface area contributed by atoms with Gasteiger partial charge in [0.05, 0.1) is 5.60 Å². The number of hydrogen-bond donors (Lipinski definition) is 1. The van der Waals surface area contributed by atoms with Gasteiger partial charge in [0.2, 0.25) is 0 Å². The lowest BCUT2D eigenvalue weighted by atomic mass is 9.68. The van der Waals surface area contributed by atoms with Crippen LogP contribution in [0, 0.1) is 17.3 Å². The molecule has 1 unspecified atom stereocenters. The molecule has 0 saturated carbocycles. The highest BCUT2D eigenvalue weighted by Crippen LogP contribution is 2.40. The molecular formula is C13H28O. The summed E-state index contributed by atoms with van der Waals surface area (Å²) in [5, 5.41) is 10.5. The van der Waals surface area contributed by atoms with E-state index in [4.69, 9.17) is 0 Å². The van der Waals surface area contributed by atoms with Gasteiger partial charge in [-0.05, 0) is 37.0 Å². The molecule has 0 fully saturated rings. The van der Waals surface area contributed by atoms with Crippen LogP contribution in [-0.4, -0.2) is 10.7 Å². The molecule has 0 aromatic carbocycles. The Kier molecular flexibility index (Phi) is 4.64. The monoisotopic (exact) mass is 200 g/mol. The maximum Gasteiger partial charge on any atom is 0.0672 e. The van der Waals surface area contributed by atoms with Crippen molar-refractivity contribution in [2.24, 2.45) is 17.3 Å². The van der Waals surface area contributed by atoms with Gasteiger partial charge >= 0.3 is 0 Å². The predicted molar refractivity (Wildman–Crippen MR) is 63.3 cm³/mol. The minimum Gasteiger partial charge on any atom is -0.390 e. The largest absolute Gasteiger partial charge is 0.390 e. The van der Waals surface area contributed by atoms with Gasteiger partial charge in [-0.15, -0.1) is 0 Å². The summed E-state index contributed by atoms with van der Waals surface area (Å²) in [5.74, 6) is 1.19. The predicted octanol–water partition coefficient (Wildman–Crippen LogP) is 3.86. The van der Waals surface area contributed by atoms with E-state index in [1.807, 2.05) is 6.92 Å². The van der Waals surface area contributed by atoms with Crippen LogP contribution in [0.25, 0.3) is 0 Å². The summed E-state index contributed by atoms with van der Waals surface area (Å²) in [6.07, 6.45) is 1.96. The van der Waals surface area contributed by atoms with E-state index in [2.05, 4.69) is 41.5 Å². The Labute approximate surface area is 89.9 Å². The van der Waals surface area contributed by atoms with E-state index in [9.17, 15) is 5.11 Å². The average molecular weight is 200 g/mol. The second-order valence-corrected chi connectivity index (χ2v) is 6.35. The SMILES string of the molecule is CC(C)CC(C)(C)C(C)(O)CC(C)C. The Bertz CT molecular complexity index is 146. The van der Waals surface area contributed by atoms with Crippen LogP contribution in [0.5, 0.6) is 0 Å². The molecule has 0 radical (unpaired) electrons. The summed E-state index contributed by atoms with van der Waals surface area (Å²) >= 11 is 0. The average Bonchev–Trinajstić information content (AvgIpc) is 1.78. The third-order valence-corrected chi connectivity index (χ3v) is 3.18. The Hall–Kier alpha value is -0.0400. The van der Waals surface area contributed by atoms with Gasteiger partial charge in [0.1, 0.15) is 0 Å². The Morgan fingerprint density at radius 2 is 1.21 bits per heavy atom. The van der Waals surface area contributed by atoms with E-state index >= 15 is 0 Å². The molecule has 0 amide bonds. The third kappa shape index (κ3) is 4.00. The van der Waals surface area contributed by atoms with Crippen molar-refractivity contribution in [2.75, 3.05) is 0 Å². The molecule has 0 aromatic heterocycles. The molecular weight excluding hydrogens is 172 g/mol. The van der Waals surface area contributed by atoms with Crippen molar-refractivity contribution >= 4 is 0 Å². The molecule has 0 saturated heterocycles. The lowest BCUT2D eigenvalue weighted by molar-refractivity contribution is -0.0753.